The van der Waals surface area contributed by atoms with Crippen molar-refractivity contribution in [1.82, 2.24) is 5.32 Å². The molecule has 0 spiro atoms. The molecule has 0 saturated heterocycles. The van der Waals surface area contributed by atoms with Crippen LogP contribution in [0.4, 0.5) is 10.5 Å². The number of aliphatic hydroxyl groups excluding tert-OH is 1. The average molecular weight is 250 g/mol. The molecule has 1 unspecified atom stereocenters. The van der Waals surface area contributed by atoms with Crippen LogP contribution >= 0.6 is 0 Å². The molecule has 0 radical (unpaired) electrons. The molecule has 0 aliphatic carbocycles. The summed E-state index contributed by atoms with van der Waals surface area (Å²) < 4.78 is 0. The highest BCUT2D eigenvalue weighted by atomic mass is 16.3. The molecule has 1 rings (SSSR count). The van der Waals surface area contributed by atoms with Crippen LogP contribution in [0.25, 0.3) is 0 Å². The van der Waals surface area contributed by atoms with Crippen molar-refractivity contribution < 1.29 is 9.90 Å². The van der Waals surface area contributed by atoms with E-state index in [1.165, 1.54) is 0 Å². The maximum atomic E-state index is 11.7. The third-order valence-electron chi connectivity index (χ3n) is 2.68. The quantitative estimate of drug-likeness (QED) is 0.752. The summed E-state index contributed by atoms with van der Waals surface area (Å²) >= 11 is 0. The van der Waals surface area contributed by atoms with Crippen LogP contribution in [0.15, 0.2) is 24.3 Å². The van der Waals surface area contributed by atoms with E-state index in [0.717, 1.165) is 11.3 Å². The number of carbonyl (C=O) groups excluding carboxylic acids is 1. The molecular formula is C14H22N2O2. The first-order chi connectivity index (χ1) is 8.50. The molecule has 4 heteroatoms. The van der Waals surface area contributed by atoms with Gasteiger partial charge in [0.05, 0.1) is 6.10 Å². The largest absolute Gasteiger partial charge is 0.393 e. The molecule has 0 saturated carbocycles. The van der Waals surface area contributed by atoms with Gasteiger partial charge < -0.3 is 15.7 Å². The Morgan fingerprint density at radius 2 is 1.94 bits per heavy atom. The second kappa shape index (κ2) is 7.01. The Bertz CT molecular complexity index is 389. The van der Waals surface area contributed by atoms with Crippen LogP contribution in [-0.4, -0.2) is 23.8 Å². The van der Waals surface area contributed by atoms with E-state index in [4.69, 9.17) is 5.11 Å². The summed E-state index contributed by atoms with van der Waals surface area (Å²) in [6, 6.07) is 7.53. The lowest BCUT2D eigenvalue weighted by Crippen LogP contribution is -2.31. The molecule has 0 heterocycles. The summed E-state index contributed by atoms with van der Waals surface area (Å²) in [5, 5.41) is 14.7. The van der Waals surface area contributed by atoms with E-state index in [-0.39, 0.29) is 6.03 Å². The fourth-order valence-corrected chi connectivity index (χ4v) is 1.68. The molecule has 0 aliphatic heterocycles. The zero-order valence-corrected chi connectivity index (χ0v) is 11.2. The maximum Gasteiger partial charge on any atom is 0.319 e. The molecule has 1 aromatic rings. The molecule has 3 N–H and O–H groups in total. The van der Waals surface area contributed by atoms with E-state index in [9.17, 15) is 4.79 Å². The topological polar surface area (TPSA) is 61.4 Å². The Kier molecular flexibility index (Phi) is 5.65. The number of anilines is 1. The van der Waals surface area contributed by atoms with Crippen LogP contribution in [0, 0.1) is 0 Å². The number of rotatable bonds is 5. The first-order valence-electron chi connectivity index (χ1n) is 6.32. The van der Waals surface area contributed by atoms with Crippen molar-refractivity contribution in [2.24, 2.45) is 0 Å². The van der Waals surface area contributed by atoms with Crippen molar-refractivity contribution in [3.05, 3.63) is 29.8 Å². The minimum Gasteiger partial charge on any atom is -0.393 e. The summed E-state index contributed by atoms with van der Waals surface area (Å²) in [5.41, 5.74) is 1.95. The monoisotopic (exact) mass is 250 g/mol. The van der Waals surface area contributed by atoms with Crippen LogP contribution in [0.1, 0.15) is 38.7 Å². The number of nitrogens with one attached hydrogen (secondary N) is 2. The lowest BCUT2D eigenvalue weighted by molar-refractivity contribution is 0.184. The van der Waals surface area contributed by atoms with Gasteiger partial charge in [-0.2, -0.15) is 0 Å². The van der Waals surface area contributed by atoms with E-state index in [1.807, 2.05) is 24.3 Å². The summed E-state index contributed by atoms with van der Waals surface area (Å²) in [6.07, 6.45) is 0.160. The van der Waals surface area contributed by atoms with Crippen LogP contribution in [0.5, 0.6) is 0 Å². The molecule has 1 aromatic carbocycles. The van der Waals surface area contributed by atoms with Gasteiger partial charge in [-0.3, -0.25) is 0 Å². The standard InChI is InChI=1S/C14H22N2O2/c1-10(2)12-6-4-5-7-13(12)16-14(18)15-9-8-11(3)17/h4-7,10-11,17H,8-9H2,1-3H3,(H2,15,16,18). The van der Waals surface area contributed by atoms with E-state index >= 15 is 0 Å². The van der Waals surface area contributed by atoms with Gasteiger partial charge in [0.1, 0.15) is 0 Å². The van der Waals surface area contributed by atoms with Gasteiger partial charge in [-0.1, -0.05) is 32.0 Å². The Hall–Kier alpha value is -1.55. The van der Waals surface area contributed by atoms with E-state index in [0.29, 0.717) is 18.9 Å². The molecule has 100 valence electrons. The number of hydrogen-bond acceptors (Lipinski definition) is 2. The Morgan fingerprint density at radius 3 is 2.56 bits per heavy atom. The van der Waals surface area contributed by atoms with Crippen LogP contribution < -0.4 is 10.6 Å². The van der Waals surface area contributed by atoms with Crippen molar-refractivity contribution in [1.29, 1.82) is 0 Å². The normalized spacial score (nSPS) is 12.3. The van der Waals surface area contributed by atoms with E-state index < -0.39 is 6.10 Å². The summed E-state index contributed by atoms with van der Waals surface area (Å²) in [5.74, 6) is 0.360. The van der Waals surface area contributed by atoms with Gasteiger partial charge in [-0.05, 0) is 30.9 Å². The van der Waals surface area contributed by atoms with Gasteiger partial charge in [0, 0.05) is 12.2 Å². The number of aliphatic hydroxyl groups is 1. The third kappa shape index (κ3) is 4.75. The van der Waals surface area contributed by atoms with Crippen LogP contribution in [-0.2, 0) is 0 Å². The molecule has 0 bridgehead atoms. The number of carbonyl (C=O) groups is 1. The molecule has 1 atom stereocenters. The number of para-hydroxylation sites is 1. The van der Waals surface area contributed by atoms with Gasteiger partial charge >= 0.3 is 6.03 Å². The van der Waals surface area contributed by atoms with Crippen molar-refractivity contribution in [3.8, 4) is 0 Å². The smallest absolute Gasteiger partial charge is 0.319 e. The highest BCUT2D eigenvalue weighted by Gasteiger charge is 2.08. The van der Waals surface area contributed by atoms with E-state index in [2.05, 4.69) is 24.5 Å². The fourth-order valence-electron chi connectivity index (χ4n) is 1.68. The zero-order valence-electron chi connectivity index (χ0n) is 11.2. The first kappa shape index (κ1) is 14.5. The highest BCUT2D eigenvalue weighted by Crippen LogP contribution is 2.23. The minimum atomic E-state index is -0.395. The van der Waals surface area contributed by atoms with Gasteiger partial charge in [0.15, 0.2) is 0 Å². The molecule has 0 aromatic heterocycles. The van der Waals surface area contributed by atoms with Gasteiger partial charge in [-0.25, -0.2) is 4.79 Å². The highest BCUT2D eigenvalue weighted by molar-refractivity contribution is 5.90. The minimum absolute atomic E-state index is 0.233. The number of amides is 2. The maximum absolute atomic E-state index is 11.7. The molecule has 4 nitrogen and oxygen atoms in total. The van der Waals surface area contributed by atoms with Gasteiger partial charge in [0.25, 0.3) is 0 Å². The predicted molar refractivity (Wildman–Crippen MR) is 73.9 cm³/mol. The molecule has 0 fully saturated rings. The SMILES string of the molecule is CC(O)CCNC(=O)Nc1ccccc1C(C)C. The molecule has 0 aliphatic rings. The first-order valence-corrected chi connectivity index (χ1v) is 6.32. The predicted octanol–water partition coefficient (Wildman–Crippen LogP) is 2.70. The number of benzene rings is 1. The summed E-state index contributed by atoms with van der Waals surface area (Å²) in [4.78, 5) is 11.7. The summed E-state index contributed by atoms with van der Waals surface area (Å²) in [6.45, 7) is 6.35. The van der Waals surface area contributed by atoms with Crippen LogP contribution in [0.3, 0.4) is 0 Å². The van der Waals surface area contributed by atoms with Crippen molar-refractivity contribution in [2.75, 3.05) is 11.9 Å². The van der Waals surface area contributed by atoms with Crippen molar-refractivity contribution in [3.63, 3.8) is 0 Å². The third-order valence-corrected chi connectivity index (χ3v) is 2.68. The van der Waals surface area contributed by atoms with Crippen LogP contribution in [0.2, 0.25) is 0 Å². The number of urea groups is 1. The zero-order chi connectivity index (χ0) is 13.5. The molecular weight excluding hydrogens is 228 g/mol. The van der Waals surface area contributed by atoms with E-state index in [1.54, 1.807) is 6.92 Å². The lowest BCUT2D eigenvalue weighted by atomic mass is 10.0. The second-order valence-electron chi connectivity index (χ2n) is 4.76. The van der Waals surface area contributed by atoms with Crippen molar-refractivity contribution in [2.45, 2.75) is 39.2 Å². The Labute approximate surface area is 108 Å². The van der Waals surface area contributed by atoms with Gasteiger partial charge in [0.2, 0.25) is 0 Å². The molecule has 18 heavy (non-hydrogen) atoms. The van der Waals surface area contributed by atoms with Crippen molar-refractivity contribution >= 4 is 11.7 Å². The second-order valence-corrected chi connectivity index (χ2v) is 4.76. The van der Waals surface area contributed by atoms with Gasteiger partial charge in [-0.15, -0.1) is 0 Å². The fraction of sp³-hybridized carbons (Fsp3) is 0.500. The molecule has 2 amide bonds. The lowest BCUT2D eigenvalue weighted by Gasteiger charge is -2.14. The number of hydrogen-bond donors (Lipinski definition) is 3. The average Bonchev–Trinajstić information content (AvgIpc) is 2.28. The Balaban J connectivity index is 2.54. The Morgan fingerprint density at radius 1 is 1.28 bits per heavy atom. The summed E-state index contributed by atoms with van der Waals surface area (Å²) in [7, 11) is 0.